The Balaban J connectivity index is 2.98. The van der Waals surface area contributed by atoms with E-state index in [-0.39, 0.29) is 5.91 Å². The van der Waals surface area contributed by atoms with Gasteiger partial charge in [0.25, 0.3) is 0 Å². The van der Waals surface area contributed by atoms with Crippen LogP contribution in [-0.4, -0.2) is 15.7 Å². The molecule has 0 aliphatic rings. The summed E-state index contributed by atoms with van der Waals surface area (Å²) in [4.78, 5) is 10.5. The number of halogens is 1. The minimum absolute atomic E-state index is 0.0827. The number of nitrogens with zero attached hydrogens (tertiary/aromatic N) is 2. The molecule has 0 spiro atoms. The van der Waals surface area contributed by atoms with E-state index in [0.29, 0.717) is 0 Å². The average molecular weight is 189 g/mol. The van der Waals surface area contributed by atoms with Crippen LogP contribution in [0.25, 0.3) is 0 Å². The lowest BCUT2D eigenvalue weighted by atomic mass is 10.7. The third-order valence-electron chi connectivity index (χ3n) is 0.874. The molecule has 0 aliphatic carbocycles. The van der Waals surface area contributed by atoms with Crippen molar-refractivity contribution in [2.24, 2.45) is 0 Å². The molecule has 0 saturated carbocycles. The summed E-state index contributed by atoms with van der Waals surface area (Å²) < 4.78 is 2.09. The van der Waals surface area contributed by atoms with Crippen molar-refractivity contribution in [2.45, 2.75) is 6.92 Å². The van der Waals surface area contributed by atoms with Crippen molar-refractivity contribution in [3.63, 3.8) is 0 Å². The van der Waals surface area contributed by atoms with E-state index in [1.807, 2.05) is 0 Å². The second kappa shape index (κ2) is 2.31. The molecule has 0 unspecified atom stereocenters. The molecule has 0 fully saturated rings. The van der Waals surface area contributed by atoms with Gasteiger partial charge in [-0.1, -0.05) is 0 Å². The van der Waals surface area contributed by atoms with Gasteiger partial charge in [-0.15, -0.1) is 0 Å². The Bertz CT molecular complexity index is 231. The number of carbonyl (C=O) groups is 1. The molecular weight excluding hydrogens is 184 g/mol. The molecule has 9 heavy (non-hydrogen) atoms. The zero-order chi connectivity index (χ0) is 6.85. The summed E-state index contributed by atoms with van der Waals surface area (Å²) in [6.07, 6.45) is 3.18. The summed E-state index contributed by atoms with van der Waals surface area (Å²) in [6.45, 7) is 1.46. The van der Waals surface area contributed by atoms with E-state index in [2.05, 4.69) is 21.0 Å². The standard InChI is InChI=1S/C5H5BrN2O/c1-4(9)8-3-5(6)2-7-8/h2-3H,1H3. The lowest BCUT2D eigenvalue weighted by Crippen LogP contribution is -2.04. The Hall–Kier alpha value is -0.640. The Morgan fingerprint density at radius 1 is 1.89 bits per heavy atom. The van der Waals surface area contributed by atoms with Gasteiger partial charge in [0, 0.05) is 13.1 Å². The molecule has 0 N–H and O–H groups in total. The van der Waals surface area contributed by atoms with E-state index in [1.54, 1.807) is 12.4 Å². The summed E-state index contributed by atoms with van der Waals surface area (Å²) in [6, 6.07) is 0. The number of hydrogen-bond donors (Lipinski definition) is 0. The molecule has 0 amide bonds. The molecule has 3 nitrogen and oxygen atoms in total. The highest BCUT2D eigenvalue weighted by atomic mass is 79.9. The Morgan fingerprint density at radius 2 is 2.56 bits per heavy atom. The maximum Gasteiger partial charge on any atom is 0.243 e. The summed E-state index contributed by atoms with van der Waals surface area (Å²) in [7, 11) is 0. The van der Waals surface area contributed by atoms with Gasteiger partial charge >= 0.3 is 0 Å². The van der Waals surface area contributed by atoms with Gasteiger partial charge in [0.15, 0.2) is 0 Å². The molecule has 1 rings (SSSR count). The van der Waals surface area contributed by atoms with Gasteiger partial charge < -0.3 is 0 Å². The maximum absolute atomic E-state index is 10.5. The van der Waals surface area contributed by atoms with Crippen molar-refractivity contribution >= 4 is 21.8 Å². The van der Waals surface area contributed by atoms with Crippen molar-refractivity contribution in [1.82, 2.24) is 9.78 Å². The van der Waals surface area contributed by atoms with E-state index < -0.39 is 0 Å². The van der Waals surface area contributed by atoms with Crippen molar-refractivity contribution < 1.29 is 4.79 Å². The van der Waals surface area contributed by atoms with Crippen LogP contribution in [0.1, 0.15) is 11.7 Å². The van der Waals surface area contributed by atoms with Gasteiger partial charge in [0.2, 0.25) is 5.91 Å². The van der Waals surface area contributed by atoms with Gasteiger partial charge in [-0.05, 0) is 15.9 Å². The summed E-state index contributed by atoms with van der Waals surface area (Å²) in [5.74, 6) is -0.0827. The summed E-state index contributed by atoms with van der Waals surface area (Å²) >= 11 is 3.16. The lowest BCUT2D eigenvalue weighted by molar-refractivity contribution is 0.0921. The van der Waals surface area contributed by atoms with E-state index in [9.17, 15) is 4.79 Å². The highest BCUT2D eigenvalue weighted by Gasteiger charge is 1.96. The molecule has 48 valence electrons. The van der Waals surface area contributed by atoms with Gasteiger partial charge in [-0.2, -0.15) is 5.10 Å². The topological polar surface area (TPSA) is 34.9 Å². The minimum atomic E-state index is -0.0827. The number of carbonyl (C=O) groups excluding carboxylic acids is 1. The van der Waals surface area contributed by atoms with Gasteiger partial charge in [-0.25, -0.2) is 4.68 Å². The van der Waals surface area contributed by atoms with Crippen LogP contribution in [0.2, 0.25) is 0 Å². The van der Waals surface area contributed by atoms with Crippen molar-refractivity contribution in [2.75, 3.05) is 0 Å². The second-order valence-electron chi connectivity index (χ2n) is 1.62. The molecule has 0 saturated heterocycles. The van der Waals surface area contributed by atoms with Crippen molar-refractivity contribution in [3.05, 3.63) is 16.9 Å². The largest absolute Gasteiger partial charge is 0.273 e. The molecule has 0 aromatic carbocycles. The van der Waals surface area contributed by atoms with E-state index in [0.717, 1.165) is 4.47 Å². The Labute approximate surface area is 60.8 Å². The van der Waals surface area contributed by atoms with Crippen molar-refractivity contribution in [1.29, 1.82) is 0 Å². The molecule has 1 heterocycles. The quantitative estimate of drug-likeness (QED) is 0.616. The molecule has 0 atom stereocenters. The third kappa shape index (κ3) is 1.38. The van der Waals surface area contributed by atoms with Crippen LogP contribution in [-0.2, 0) is 0 Å². The van der Waals surface area contributed by atoms with Crippen LogP contribution in [0.15, 0.2) is 16.9 Å². The maximum atomic E-state index is 10.5. The smallest absolute Gasteiger partial charge is 0.243 e. The zero-order valence-corrected chi connectivity index (χ0v) is 6.42. The van der Waals surface area contributed by atoms with Crippen LogP contribution < -0.4 is 0 Å². The fraction of sp³-hybridized carbons (Fsp3) is 0.200. The summed E-state index contributed by atoms with van der Waals surface area (Å²) in [5, 5.41) is 3.74. The zero-order valence-electron chi connectivity index (χ0n) is 4.84. The van der Waals surface area contributed by atoms with E-state index >= 15 is 0 Å². The first-order valence-corrected chi connectivity index (χ1v) is 3.20. The third-order valence-corrected chi connectivity index (χ3v) is 1.28. The SMILES string of the molecule is CC(=O)n1cc(Br)cn1. The first-order chi connectivity index (χ1) is 4.20. The highest BCUT2D eigenvalue weighted by molar-refractivity contribution is 9.10. The van der Waals surface area contributed by atoms with Crippen LogP contribution in [0.3, 0.4) is 0 Å². The fourth-order valence-electron chi connectivity index (χ4n) is 0.473. The normalized spacial score (nSPS) is 9.56. The van der Waals surface area contributed by atoms with E-state index in [4.69, 9.17) is 0 Å². The summed E-state index contributed by atoms with van der Waals surface area (Å²) in [5.41, 5.74) is 0. The van der Waals surface area contributed by atoms with Crippen LogP contribution in [0.4, 0.5) is 0 Å². The number of rotatable bonds is 0. The fourth-order valence-corrected chi connectivity index (χ4v) is 0.759. The molecule has 0 bridgehead atoms. The van der Waals surface area contributed by atoms with Gasteiger partial charge in [-0.3, -0.25) is 4.79 Å². The molecule has 1 aromatic heterocycles. The van der Waals surface area contributed by atoms with Crippen molar-refractivity contribution in [3.8, 4) is 0 Å². The second-order valence-corrected chi connectivity index (χ2v) is 2.54. The van der Waals surface area contributed by atoms with Crippen LogP contribution >= 0.6 is 15.9 Å². The van der Waals surface area contributed by atoms with Crippen LogP contribution in [0, 0.1) is 0 Å². The minimum Gasteiger partial charge on any atom is -0.273 e. The van der Waals surface area contributed by atoms with Gasteiger partial charge in [0.1, 0.15) is 0 Å². The Morgan fingerprint density at radius 3 is 2.78 bits per heavy atom. The predicted octanol–water partition coefficient (Wildman–Crippen LogP) is 1.31. The lowest BCUT2D eigenvalue weighted by Gasteiger charge is -1.87. The first kappa shape index (κ1) is 6.48. The first-order valence-electron chi connectivity index (χ1n) is 2.41. The highest BCUT2D eigenvalue weighted by Crippen LogP contribution is 2.05. The molecular formula is C5H5BrN2O. The monoisotopic (exact) mass is 188 g/mol. The average Bonchev–Trinajstić information content (AvgIpc) is 2.14. The van der Waals surface area contributed by atoms with Crippen LogP contribution in [0.5, 0.6) is 0 Å². The Kier molecular flexibility index (Phi) is 1.66. The predicted molar refractivity (Wildman–Crippen MR) is 36.2 cm³/mol. The molecule has 1 aromatic rings. The van der Waals surface area contributed by atoms with Gasteiger partial charge in [0.05, 0.1) is 10.7 Å². The number of aromatic nitrogens is 2. The molecule has 0 radical (unpaired) electrons. The number of hydrogen-bond acceptors (Lipinski definition) is 2. The van der Waals surface area contributed by atoms with E-state index in [1.165, 1.54) is 11.6 Å². The molecule has 4 heteroatoms. The molecule has 0 aliphatic heterocycles.